The fourth-order valence-electron chi connectivity index (χ4n) is 2.04. The Bertz CT molecular complexity index is 405. The van der Waals surface area contributed by atoms with Crippen LogP contribution in [0, 0.1) is 5.92 Å². The average Bonchev–Trinajstić information content (AvgIpc) is 2.41. The van der Waals surface area contributed by atoms with Gasteiger partial charge in [0.1, 0.15) is 5.75 Å². The van der Waals surface area contributed by atoms with E-state index in [0.717, 1.165) is 18.0 Å². The first-order valence-electron chi connectivity index (χ1n) is 5.97. The van der Waals surface area contributed by atoms with Crippen LogP contribution >= 0.6 is 0 Å². The molecule has 0 radical (unpaired) electrons. The van der Waals surface area contributed by atoms with Crippen LogP contribution < -0.4 is 15.0 Å². The summed E-state index contributed by atoms with van der Waals surface area (Å²) in [4.78, 5) is 13.4. The standard InChI is InChI=1S/C13H18N2O3/c1-14-7-10-8-15(13(16)18-9-10)11-3-5-12(17-2)6-4-11/h3-6,10,14H,7-9H2,1-2H3. The Balaban J connectivity index is 2.11. The van der Waals surface area contributed by atoms with Crippen LogP contribution in [-0.4, -0.2) is 39.9 Å². The minimum absolute atomic E-state index is 0.285. The van der Waals surface area contributed by atoms with Gasteiger partial charge in [0.15, 0.2) is 0 Å². The molecular formula is C13H18N2O3. The first-order chi connectivity index (χ1) is 8.74. The van der Waals surface area contributed by atoms with Crippen LogP contribution in [0.5, 0.6) is 5.75 Å². The number of benzene rings is 1. The predicted octanol–water partition coefficient (Wildman–Crippen LogP) is 1.49. The minimum atomic E-state index is -0.285. The molecule has 1 heterocycles. The van der Waals surface area contributed by atoms with Crippen LogP contribution in [-0.2, 0) is 4.74 Å². The highest BCUT2D eigenvalue weighted by Gasteiger charge is 2.27. The topological polar surface area (TPSA) is 50.8 Å². The second kappa shape index (κ2) is 5.73. The molecule has 1 amide bonds. The van der Waals surface area contributed by atoms with Gasteiger partial charge in [-0.1, -0.05) is 0 Å². The third-order valence-electron chi connectivity index (χ3n) is 2.98. The van der Waals surface area contributed by atoms with E-state index in [1.807, 2.05) is 31.3 Å². The Morgan fingerprint density at radius 3 is 2.78 bits per heavy atom. The largest absolute Gasteiger partial charge is 0.497 e. The number of methoxy groups -OCH3 is 1. The Hall–Kier alpha value is -1.75. The summed E-state index contributed by atoms with van der Waals surface area (Å²) in [6.45, 7) is 1.98. The summed E-state index contributed by atoms with van der Waals surface area (Å²) in [5.41, 5.74) is 0.835. The van der Waals surface area contributed by atoms with E-state index in [2.05, 4.69) is 5.32 Å². The fraction of sp³-hybridized carbons (Fsp3) is 0.462. The molecule has 1 aliphatic heterocycles. The molecule has 0 bridgehead atoms. The van der Waals surface area contributed by atoms with E-state index in [9.17, 15) is 4.79 Å². The summed E-state index contributed by atoms with van der Waals surface area (Å²) in [7, 11) is 3.52. The SMILES string of the molecule is CNCC1COC(=O)N(c2ccc(OC)cc2)C1. The molecule has 1 saturated heterocycles. The van der Waals surface area contributed by atoms with Gasteiger partial charge in [0.05, 0.1) is 13.7 Å². The Morgan fingerprint density at radius 1 is 1.44 bits per heavy atom. The summed E-state index contributed by atoms with van der Waals surface area (Å²) in [6, 6.07) is 7.40. The normalized spacial score (nSPS) is 19.6. The van der Waals surface area contributed by atoms with Crippen molar-refractivity contribution >= 4 is 11.8 Å². The number of carbonyl (C=O) groups excluding carboxylic acids is 1. The number of hydrogen-bond acceptors (Lipinski definition) is 4. The van der Waals surface area contributed by atoms with E-state index in [-0.39, 0.29) is 6.09 Å². The predicted molar refractivity (Wildman–Crippen MR) is 69.1 cm³/mol. The van der Waals surface area contributed by atoms with Gasteiger partial charge in [0.25, 0.3) is 0 Å². The molecule has 1 atom stereocenters. The zero-order valence-electron chi connectivity index (χ0n) is 10.7. The summed E-state index contributed by atoms with van der Waals surface area (Å²) in [6.07, 6.45) is -0.285. The molecule has 1 aromatic carbocycles. The molecule has 0 aliphatic carbocycles. The van der Waals surface area contributed by atoms with Crippen molar-refractivity contribution in [1.29, 1.82) is 0 Å². The van der Waals surface area contributed by atoms with E-state index < -0.39 is 0 Å². The zero-order valence-corrected chi connectivity index (χ0v) is 10.7. The third kappa shape index (κ3) is 2.73. The van der Waals surface area contributed by atoms with E-state index >= 15 is 0 Å². The van der Waals surface area contributed by atoms with Crippen LogP contribution in [0.1, 0.15) is 0 Å². The van der Waals surface area contributed by atoms with Gasteiger partial charge in [-0.15, -0.1) is 0 Å². The average molecular weight is 250 g/mol. The van der Waals surface area contributed by atoms with Crippen molar-refractivity contribution in [3.63, 3.8) is 0 Å². The molecule has 5 nitrogen and oxygen atoms in total. The molecule has 1 N–H and O–H groups in total. The number of anilines is 1. The van der Waals surface area contributed by atoms with E-state index in [4.69, 9.17) is 9.47 Å². The number of cyclic esters (lactones) is 1. The quantitative estimate of drug-likeness (QED) is 0.879. The number of nitrogens with zero attached hydrogens (tertiary/aromatic N) is 1. The van der Waals surface area contributed by atoms with Crippen LogP contribution in [0.25, 0.3) is 0 Å². The Labute approximate surface area is 107 Å². The molecule has 2 rings (SSSR count). The van der Waals surface area contributed by atoms with Gasteiger partial charge in [-0.25, -0.2) is 4.79 Å². The second-order valence-corrected chi connectivity index (χ2v) is 4.31. The first-order valence-corrected chi connectivity index (χ1v) is 5.97. The number of rotatable bonds is 4. The summed E-state index contributed by atoms with van der Waals surface area (Å²) in [5.74, 6) is 1.09. The number of amides is 1. The highest BCUT2D eigenvalue weighted by atomic mass is 16.6. The van der Waals surface area contributed by atoms with Crippen molar-refractivity contribution in [3.05, 3.63) is 24.3 Å². The molecular weight excluding hydrogens is 232 g/mol. The molecule has 0 saturated carbocycles. The Kier molecular flexibility index (Phi) is 4.04. The van der Waals surface area contributed by atoms with Gasteiger partial charge in [0, 0.05) is 24.7 Å². The lowest BCUT2D eigenvalue weighted by molar-refractivity contribution is 0.115. The molecule has 0 aromatic heterocycles. The lowest BCUT2D eigenvalue weighted by Crippen LogP contribution is -2.46. The zero-order chi connectivity index (χ0) is 13.0. The van der Waals surface area contributed by atoms with Crippen molar-refractivity contribution in [1.82, 2.24) is 5.32 Å². The lowest BCUT2D eigenvalue weighted by atomic mass is 10.1. The van der Waals surface area contributed by atoms with Crippen LogP contribution in [0.3, 0.4) is 0 Å². The fourth-order valence-corrected chi connectivity index (χ4v) is 2.04. The number of nitrogens with one attached hydrogen (secondary N) is 1. The van der Waals surface area contributed by atoms with Crippen LogP contribution in [0.15, 0.2) is 24.3 Å². The van der Waals surface area contributed by atoms with E-state index in [1.165, 1.54) is 0 Å². The van der Waals surface area contributed by atoms with Gasteiger partial charge in [-0.3, -0.25) is 4.90 Å². The maximum Gasteiger partial charge on any atom is 0.414 e. The highest BCUT2D eigenvalue weighted by Crippen LogP contribution is 2.23. The van der Waals surface area contributed by atoms with E-state index in [0.29, 0.717) is 19.1 Å². The van der Waals surface area contributed by atoms with Gasteiger partial charge >= 0.3 is 6.09 Å². The van der Waals surface area contributed by atoms with Crippen molar-refractivity contribution < 1.29 is 14.3 Å². The number of carbonyl (C=O) groups is 1. The molecule has 5 heteroatoms. The van der Waals surface area contributed by atoms with Crippen molar-refractivity contribution in [2.75, 3.05) is 38.8 Å². The van der Waals surface area contributed by atoms with Crippen molar-refractivity contribution in [3.8, 4) is 5.75 Å². The summed E-state index contributed by atoms with van der Waals surface area (Å²) in [5, 5.41) is 3.10. The highest BCUT2D eigenvalue weighted by molar-refractivity contribution is 5.88. The molecule has 0 spiro atoms. The van der Waals surface area contributed by atoms with Crippen molar-refractivity contribution in [2.24, 2.45) is 5.92 Å². The van der Waals surface area contributed by atoms with Crippen LogP contribution in [0.2, 0.25) is 0 Å². The molecule has 1 aromatic rings. The maximum atomic E-state index is 11.8. The maximum absolute atomic E-state index is 11.8. The first kappa shape index (κ1) is 12.7. The van der Waals surface area contributed by atoms with Crippen molar-refractivity contribution in [2.45, 2.75) is 0 Å². The molecule has 1 aliphatic rings. The molecule has 98 valence electrons. The number of hydrogen-bond donors (Lipinski definition) is 1. The van der Waals surface area contributed by atoms with Crippen LogP contribution in [0.4, 0.5) is 10.5 Å². The monoisotopic (exact) mass is 250 g/mol. The van der Waals surface area contributed by atoms with E-state index in [1.54, 1.807) is 12.0 Å². The Morgan fingerprint density at radius 2 is 2.17 bits per heavy atom. The summed E-state index contributed by atoms with van der Waals surface area (Å²) >= 11 is 0. The molecule has 1 fully saturated rings. The van der Waals surface area contributed by atoms with Gasteiger partial charge in [-0.2, -0.15) is 0 Å². The third-order valence-corrected chi connectivity index (χ3v) is 2.98. The second-order valence-electron chi connectivity index (χ2n) is 4.31. The summed E-state index contributed by atoms with van der Waals surface area (Å²) < 4.78 is 10.3. The van der Waals surface area contributed by atoms with Gasteiger partial charge in [-0.05, 0) is 31.3 Å². The smallest absolute Gasteiger partial charge is 0.414 e. The number of ether oxygens (including phenoxy) is 2. The molecule has 1 unspecified atom stereocenters. The van der Waals surface area contributed by atoms with Gasteiger partial charge in [0.2, 0.25) is 0 Å². The lowest BCUT2D eigenvalue weighted by Gasteiger charge is -2.32. The van der Waals surface area contributed by atoms with Gasteiger partial charge < -0.3 is 14.8 Å². The molecule has 18 heavy (non-hydrogen) atoms. The minimum Gasteiger partial charge on any atom is -0.497 e.